The van der Waals surface area contributed by atoms with E-state index in [1.54, 1.807) is 13.8 Å². The van der Waals surface area contributed by atoms with E-state index in [4.69, 9.17) is 9.47 Å². The number of rotatable bonds is 6. The monoisotopic (exact) mass is 323 g/mol. The molecule has 0 saturated heterocycles. The third kappa shape index (κ3) is 5.18. The topological polar surface area (TPSA) is 74.2 Å². The normalized spacial score (nSPS) is 11.1. The lowest BCUT2D eigenvalue weighted by Gasteiger charge is -2.10. The molecule has 0 atom stereocenters. The molecule has 0 aromatic heterocycles. The Morgan fingerprint density at radius 1 is 1.19 bits per heavy atom. The minimum atomic E-state index is -4.30. The van der Waals surface area contributed by atoms with Crippen LogP contribution in [-0.4, -0.2) is 34.3 Å². The zero-order valence-electron chi connectivity index (χ0n) is 11.5. The summed E-state index contributed by atoms with van der Waals surface area (Å²) >= 11 is 0. The number of ether oxygens (including phenoxy) is 3. The lowest BCUT2D eigenvalue weighted by Crippen LogP contribution is -2.14. The van der Waals surface area contributed by atoms with E-state index < -0.39 is 33.4 Å². The van der Waals surface area contributed by atoms with Crippen LogP contribution in [0, 0.1) is 0 Å². The minimum absolute atomic E-state index is 0.142. The van der Waals surface area contributed by atoms with Gasteiger partial charge < -0.3 is 14.2 Å². The van der Waals surface area contributed by atoms with Gasteiger partial charge in [0.1, 0.15) is 10.6 Å². The van der Waals surface area contributed by atoms with Crippen LogP contribution in [-0.2, 0) is 19.5 Å². The molecule has 118 valence electrons. The van der Waals surface area contributed by atoms with Gasteiger partial charge in [-0.3, -0.25) is 0 Å². The van der Waals surface area contributed by atoms with Gasteiger partial charge in [-0.25, -0.2) is 0 Å². The Bertz CT molecular complexity index is 581. The van der Waals surface area contributed by atoms with Crippen molar-refractivity contribution in [2.45, 2.75) is 25.4 Å². The molecule has 0 amide bonds. The molecule has 6 nitrogen and oxygen atoms in total. The molecule has 0 heterocycles. The largest absolute Gasteiger partial charge is 0.450 e. The molecule has 0 unspecified atom stereocenters. The van der Waals surface area contributed by atoms with Crippen molar-refractivity contribution in [1.29, 1.82) is 0 Å². The molecule has 1 rings (SSSR count). The highest BCUT2D eigenvalue weighted by atomic mass is 32.2. The number of sulfonamides is 1. The molecular weight excluding hydrogens is 308 g/mol. The predicted octanol–water partition coefficient (Wildman–Crippen LogP) is 2.41. The van der Waals surface area contributed by atoms with Crippen LogP contribution < -0.4 is 4.74 Å². The maximum absolute atomic E-state index is 12.3. The number of halogens is 2. The summed E-state index contributed by atoms with van der Waals surface area (Å²) < 4.78 is 66.2. The van der Waals surface area contributed by atoms with Crippen LogP contribution in [0.25, 0.3) is 0 Å². The maximum atomic E-state index is 12.3. The van der Waals surface area contributed by atoms with Crippen LogP contribution in [0.15, 0.2) is 33.6 Å². The molecule has 0 bridgehead atoms. The van der Waals surface area contributed by atoms with Crippen molar-refractivity contribution >= 4 is 16.1 Å². The van der Waals surface area contributed by atoms with E-state index in [1.165, 1.54) is 12.1 Å². The fraction of sp³-hybridized carbons (Fsp3) is 0.417. The van der Waals surface area contributed by atoms with Crippen molar-refractivity contribution in [2.24, 2.45) is 4.40 Å². The van der Waals surface area contributed by atoms with Crippen LogP contribution in [0.5, 0.6) is 5.75 Å². The van der Waals surface area contributed by atoms with Crippen LogP contribution in [0.1, 0.15) is 13.8 Å². The Kier molecular flexibility index (Phi) is 6.35. The van der Waals surface area contributed by atoms with E-state index in [0.717, 1.165) is 12.1 Å². The summed E-state index contributed by atoms with van der Waals surface area (Å²) in [5, 5.41) is 0. The Morgan fingerprint density at radius 3 is 2.29 bits per heavy atom. The molecule has 0 aliphatic heterocycles. The second kappa shape index (κ2) is 7.77. The highest BCUT2D eigenvalue weighted by Crippen LogP contribution is 2.26. The average molecular weight is 323 g/mol. The average Bonchev–Trinajstić information content (AvgIpc) is 2.38. The van der Waals surface area contributed by atoms with E-state index in [9.17, 15) is 17.2 Å². The SMILES string of the molecule is CCOC(=NS(=O)(=O)c1ccccc1OC(F)F)OCC. The van der Waals surface area contributed by atoms with Gasteiger partial charge in [-0.05, 0) is 26.0 Å². The third-order valence-corrected chi connectivity index (χ3v) is 3.36. The molecule has 1 aromatic carbocycles. The maximum Gasteiger partial charge on any atom is 0.399 e. The van der Waals surface area contributed by atoms with Gasteiger partial charge >= 0.3 is 12.7 Å². The Balaban J connectivity index is 3.20. The first-order valence-electron chi connectivity index (χ1n) is 6.05. The Hall–Kier alpha value is -1.90. The van der Waals surface area contributed by atoms with Gasteiger partial charge in [-0.2, -0.15) is 17.2 Å². The zero-order chi connectivity index (χ0) is 15.9. The molecule has 0 saturated carbocycles. The molecule has 0 radical (unpaired) electrons. The standard InChI is InChI=1S/C12H15F2NO5S/c1-3-18-12(19-4-2)15-21(16,17)10-8-6-5-7-9(10)20-11(13)14/h5-8,11H,3-4H2,1-2H3. The van der Waals surface area contributed by atoms with Crippen LogP contribution in [0.3, 0.4) is 0 Å². The predicted molar refractivity (Wildman–Crippen MR) is 70.9 cm³/mol. The van der Waals surface area contributed by atoms with E-state index >= 15 is 0 Å². The highest BCUT2D eigenvalue weighted by molar-refractivity contribution is 7.90. The van der Waals surface area contributed by atoms with Gasteiger partial charge in [0.25, 0.3) is 10.0 Å². The zero-order valence-corrected chi connectivity index (χ0v) is 12.3. The van der Waals surface area contributed by atoms with E-state index in [2.05, 4.69) is 9.13 Å². The fourth-order valence-electron chi connectivity index (χ4n) is 1.35. The summed E-state index contributed by atoms with van der Waals surface area (Å²) in [7, 11) is -4.30. The van der Waals surface area contributed by atoms with Crippen LogP contribution >= 0.6 is 0 Å². The van der Waals surface area contributed by atoms with Gasteiger partial charge in [0.2, 0.25) is 0 Å². The van der Waals surface area contributed by atoms with E-state index in [1.807, 2.05) is 0 Å². The third-order valence-electron chi connectivity index (χ3n) is 2.07. The van der Waals surface area contributed by atoms with Gasteiger partial charge in [0.05, 0.1) is 13.2 Å². The molecule has 0 fully saturated rings. The minimum Gasteiger partial charge on any atom is -0.450 e. The van der Waals surface area contributed by atoms with Gasteiger partial charge in [0, 0.05) is 0 Å². The van der Waals surface area contributed by atoms with Gasteiger partial charge in [-0.15, -0.1) is 0 Å². The number of para-hydroxylation sites is 1. The number of nitrogens with zero attached hydrogens (tertiary/aromatic N) is 1. The second-order valence-electron chi connectivity index (χ2n) is 3.52. The molecule has 0 spiro atoms. The first-order chi connectivity index (χ1) is 9.90. The van der Waals surface area contributed by atoms with Crippen molar-refractivity contribution in [3.8, 4) is 5.75 Å². The fourth-order valence-corrected chi connectivity index (χ4v) is 2.37. The van der Waals surface area contributed by atoms with Crippen LogP contribution in [0.4, 0.5) is 8.78 Å². The highest BCUT2D eigenvalue weighted by Gasteiger charge is 2.22. The summed E-state index contributed by atoms with van der Waals surface area (Å²) in [6, 6.07) is 4.94. The summed E-state index contributed by atoms with van der Waals surface area (Å²) in [4.78, 5) is -0.498. The number of alkyl halides is 2. The molecule has 1 aromatic rings. The van der Waals surface area contributed by atoms with E-state index in [0.29, 0.717) is 0 Å². The molecular formula is C12H15F2NO5S. The van der Waals surface area contributed by atoms with Gasteiger partial charge in [-0.1, -0.05) is 16.5 Å². The van der Waals surface area contributed by atoms with Crippen molar-refractivity contribution in [3.05, 3.63) is 24.3 Å². The molecule has 0 N–H and O–H groups in total. The summed E-state index contributed by atoms with van der Waals surface area (Å²) in [5.41, 5.74) is 0. The van der Waals surface area contributed by atoms with E-state index in [-0.39, 0.29) is 13.2 Å². The first-order valence-corrected chi connectivity index (χ1v) is 7.49. The summed E-state index contributed by atoms with van der Waals surface area (Å²) in [6.07, 6.45) is -0.452. The summed E-state index contributed by atoms with van der Waals surface area (Å²) in [6.45, 7) is 0.375. The smallest absolute Gasteiger partial charge is 0.399 e. The molecule has 0 aliphatic rings. The number of benzene rings is 1. The second-order valence-corrected chi connectivity index (χ2v) is 5.10. The van der Waals surface area contributed by atoms with Crippen molar-refractivity contribution < 1.29 is 31.4 Å². The van der Waals surface area contributed by atoms with Crippen molar-refractivity contribution in [1.82, 2.24) is 0 Å². The molecule has 0 aliphatic carbocycles. The first kappa shape index (κ1) is 17.2. The van der Waals surface area contributed by atoms with Crippen molar-refractivity contribution in [2.75, 3.05) is 13.2 Å². The lowest BCUT2D eigenvalue weighted by atomic mass is 10.3. The quantitative estimate of drug-likeness (QED) is 0.594. The Morgan fingerprint density at radius 2 is 1.76 bits per heavy atom. The van der Waals surface area contributed by atoms with Crippen molar-refractivity contribution in [3.63, 3.8) is 0 Å². The Labute approximate surface area is 121 Å². The van der Waals surface area contributed by atoms with Gasteiger partial charge in [0.15, 0.2) is 0 Å². The number of hydrogen-bond donors (Lipinski definition) is 0. The molecule has 9 heteroatoms. The molecule has 21 heavy (non-hydrogen) atoms. The van der Waals surface area contributed by atoms with Crippen LogP contribution in [0.2, 0.25) is 0 Å². The summed E-state index contributed by atoms with van der Waals surface area (Å²) in [5.74, 6) is -0.497. The lowest BCUT2D eigenvalue weighted by molar-refractivity contribution is -0.0517. The number of hydrogen-bond acceptors (Lipinski definition) is 5.